The third kappa shape index (κ3) is 2.52. The van der Waals surface area contributed by atoms with Gasteiger partial charge in [-0.1, -0.05) is 46.3 Å². The first kappa shape index (κ1) is 14.8. The van der Waals surface area contributed by atoms with Gasteiger partial charge in [-0.25, -0.2) is 0 Å². The minimum absolute atomic E-state index is 0.170. The molecule has 1 amide bonds. The quantitative estimate of drug-likeness (QED) is 0.817. The van der Waals surface area contributed by atoms with Gasteiger partial charge in [0.15, 0.2) is 0 Å². The molecule has 0 fully saturated rings. The third-order valence-electron chi connectivity index (χ3n) is 3.59. The highest BCUT2D eigenvalue weighted by Crippen LogP contribution is 2.36. The van der Waals surface area contributed by atoms with Crippen molar-refractivity contribution in [1.82, 2.24) is 5.01 Å². The zero-order valence-electron chi connectivity index (χ0n) is 12.3. The van der Waals surface area contributed by atoms with E-state index in [-0.39, 0.29) is 5.91 Å². The van der Waals surface area contributed by atoms with E-state index >= 15 is 0 Å². The van der Waals surface area contributed by atoms with Crippen LogP contribution in [0.15, 0.2) is 64.2 Å². The lowest BCUT2D eigenvalue weighted by Gasteiger charge is -2.31. The van der Waals surface area contributed by atoms with E-state index in [4.69, 9.17) is 4.74 Å². The Kier molecular flexibility index (Phi) is 3.74. The summed E-state index contributed by atoms with van der Waals surface area (Å²) >= 11 is 3.41. The number of carbonyl (C=O) groups excluding carboxylic acids is 1. The number of hydrogen-bond donors (Lipinski definition) is 0. The van der Waals surface area contributed by atoms with Gasteiger partial charge in [-0.3, -0.25) is 4.79 Å². The molecule has 3 rings (SSSR count). The predicted octanol–water partition coefficient (Wildman–Crippen LogP) is 3.86. The number of carbonyl (C=O) groups is 1. The largest absolute Gasteiger partial charge is 0.443 e. The molecule has 0 saturated carbocycles. The van der Waals surface area contributed by atoms with Gasteiger partial charge >= 0.3 is 0 Å². The Morgan fingerprint density at radius 2 is 1.77 bits per heavy atom. The number of nitrogens with zero attached hydrogens (tertiary/aromatic N) is 2. The highest BCUT2D eigenvalue weighted by atomic mass is 79.9. The molecule has 0 radical (unpaired) electrons. The van der Waals surface area contributed by atoms with E-state index < -0.39 is 5.72 Å². The Morgan fingerprint density at radius 1 is 1.14 bits per heavy atom. The smallest absolute Gasteiger partial charge is 0.243 e. The van der Waals surface area contributed by atoms with Gasteiger partial charge in [0, 0.05) is 29.4 Å². The number of rotatable bonds is 2. The summed E-state index contributed by atoms with van der Waals surface area (Å²) in [5.74, 6) is 0.276. The first-order valence-electron chi connectivity index (χ1n) is 6.90. The second-order valence-corrected chi connectivity index (χ2v) is 6.11. The lowest BCUT2D eigenvalue weighted by molar-refractivity contribution is -0.146. The summed E-state index contributed by atoms with van der Waals surface area (Å²) in [6.45, 7) is 3.33. The molecule has 0 N–H and O–H groups in total. The van der Waals surface area contributed by atoms with Crippen LogP contribution >= 0.6 is 15.9 Å². The maximum absolute atomic E-state index is 12.0. The Labute approximate surface area is 137 Å². The van der Waals surface area contributed by atoms with Crippen LogP contribution in [0.4, 0.5) is 0 Å². The summed E-state index contributed by atoms with van der Waals surface area (Å²) in [5.41, 5.74) is 0.757. The zero-order valence-corrected chi connectivity index (χ0v) is 13.9. The number of amides is 1. The Morgan fingerprint density at radius 3 is 2.36 bits per heavy atom. The maximum atomic E-state index is 12.0. The zero-order chi connectivity index (χ0) is 15.7. The van der Waals surface area contributed by atoms with Gasteiger partial charge in [-0.05, 0) is 24.3 Å². The van der Waals surface area contributed by atoms with Gasteiger partial charge in [0.2, 0.25) is 17.5 Å². The highest BCUT2D eigenvalue weighted by molar-refractivity contribution is 9.10. The van der Waals surface area contributed by atoms with Crippen molar-refractivity contribution < 1.29 is 9.53 Å². The van der Waals surface area contributed by atoms with Crippen LogP contribution < -0.4 is 0 Å². The lowest BCUT2D eigenvalue weighted by Crippen LogP contribution is -2.41. The molecule has 0 aliphatic carbocycles. The standard InChI is InChI=1S/C17H15BrN2O2/c1-12(21)20-17(2,14-8-10-15(18)11-9-14)22-16(19-20)13-6-4-3-5-7-13/h3-11H,1-2H3/t17-/m0/s1. The summed E-state index contributed by atoms with van der Waals surface area (Å²) < 4.78 is 7.04. The fraction of sp³-hybridized carbons (Fsp3) is 0.176. The van der Waals surface area contributed by atoms with Gasteiger partial charge in [0.05, 0.1) is 0 Å². The normalized spacial score (nSPS) is 20.5. The van der Waals surface area contributed by atoms with E-state index in [1.807, 2.05) is 61.5 Å². The van der Waals surface area contributed by atoms with E-state index in [9.17, 15) is 4.79 Å². The van der Waals surface area contributed by atoms with E-state index in [0.717, 1.165) is 15.6 Å². The molecule has 112 valence electrons. The molecule has 2 aromatic rings. The van der Waals surface area contributed by atoms with E-state index in [1.165, 1.54) is 11.9 Å². The van der Waals surface area contributed by atoms with Crippen LogP contribution in [-0.2, 0) is 15.3 Å². The van der Waals surface area contributed by atoms with Crippen LogP contribution in [0.2, 0.25) is 0 Å². The van der Waals surface area contributed by atoms with Crippen LogP contribution in [-0.4, -0.2) is 16.8 Å². The van der Waals surface area contributed by atoms with E-state index in [2.05, 4.69) is 21.0 Å². The van der Waals surface area contributed by atoms with Crippen molar-refractivity contribution in [2.24, 2.45) is 5.10 Å². The van der Waals surface area contributed by atoms with Crippen molar-refractivity contribution in [3.05, 3.63) is 70.2 Å². The van der Waals surface area contributed by atoms with Crippen molar-refractivity contribution in [2.45, 2.75) is 19.6 Å². The molecule has 2 aromatic carbocycles. The lowest BCUT2D eigenvalue weighted by atomic mass is 10.0. The molecular weight excluding hydrogens is 344 g/mol. The van der Waals surface area contributed by atoms with Crippen LogP contribution in [0.3, 0.4) is 0 Å². The van der Waals surface area contributed by atoms with Crippen molar-refractivity contribution in [3.63, 3.8) is 0 Å². The molecule has 0 saturated heterocycles. The Bertz CT molecular complexity index is 728. The Balaban J connectivity index is 2.02. The summed E-state index contributed by atoms with van der Waals surface area (Å²) in [7, 11) is 0. The topological polar surface area (TPSA) is 41.9 Å². The molecule has 1 aliphatic heterocycles. The summed E-state index contributed by atoms with van der Waals surface area (Å²) in [6, 6.07) is 17.2. The molecule has 1 heterocycles. The molecular formula is C17H15BrN2O2. The first-order valence-corrected chi connectivity index (χ1v) is 7.70. The molecule has 1 aliphatic rings. The fourth-order valence-corrected chi connectivity index (χ4v) is 2.71. The molecule has 0 bridgehead atoms. The SMILES string of the molecule is CC(=O)N1N=C(c2ccccc2)O[C@@]1(C)c1ccc(Br)cc1. The van der Waals surface area contributed by atoms with Crippen molar-refractivity contribution in [1.29, 1.82) is 0 Å². The number of hydrazone groups is 1. The third-order valence-corrected chi connectivity index (χ3v) is 4.12. The van der Waals surface area contributed by atoms with E-state index in [0.29, 0.717) is 5.90 Å². The molecule has 0 spiro atoms. The minimum atomic E-state index is -0.947. The van der Waals surface area contributed by atoms with Crippen molar-refractivity contribution in [3.8, 4) is 0 Å². The average molecular weight is 359 g/mol. The van der Waals surface area contributed by atoms with Crippen LogP contribution in [0.1, 0.15) is 25.0 Å². The van der Waals surface area contributed by atoms with Crippen molar-refractivity contribution in [2.75, 3.05) is 0 Å². The summed E-state index contributed by atoms with van der Waals surface area (Å²) in [5, 5.41) is 5.76. The van der Waals surface area contributed by atoms with Gasteiger partial charge in [0.25, 0.3) is 0 Å². The average Bonchev–Trinajstić information content (AvgIpc) is 2.88. The van der Waals surface area contributed by atoms with Crippen LogP contribution in [0.5, 0.6) is 0 Å². The number of ether oxygens (including phenoxy) is 1. The second-order valence-electron chi connectivity index (χ2n) is 5.19. The van der Waals surface area contributed by atoms with Gasteiger partial charge in [-0.15, -0.1) is 5.10 Å². The van der Waals surface area contributed by atoms with E-state index in [1.54, 1.807) is 0 Å². The van der Waals surface area contributed by atoms with Gasteiger partial charge in [0.1, 0.15) is 0 Å². The molecule has 4 nitrogen and oxygen atoms in total. The first-order chi connectivity index (χ1) is 10.5. The summed E-state index contributed by atoms with van der Waals surface area (Å²) in [4.78, 5) is 12.0. The van der Waals surface area contributed by atoms with Gasteiger partial charge < -0.3 is 4.74 Å². The number of halogens is 1. The molecule has 1 atom stereocenters. The number of benzene rings is 2. The number of hydrogen-bond acceptors (Lipinski definition) is 3. The minimum Gasteiger partial charge on any atom is -0.443 e. The molecule has 0 aromatic heterocycles. The van der Waals surface area contributed by atoms with Crippen LogP contribution in [0.25, 0.3) is 0 Å². The fourth-order valence-electron chi connectivity index (χ4n) is 2.45. The molecule has 5 heteroatoms. The van der Waals surface area contributed by atoms with Crippen LogP contribution in [0, 0.1) is 0 Å². The highest BCUT2D eigenvalue weighted by Gasteiger charge is 2.44. The van der Waals surface area contributed by atoms with Gasteiger partial charge in [-0.2, -0.15) is 5.01 Å². The molecule has 0 unspecified atom stereocenters. The predicted molar refractivity (Wildman–Crippen MR) is 88.1 cm³/mol. The monoisotopic (exact) mass is 358 g/mol. The molecule has 22 heavy (non-hydrogen) atoms. The maximum Gasteiger partial charge on any atom is 0.243 e. The summed E-state index contributed by atoms with van der Waals surface area (Å²) in [6.07, 6.45) is 0. The van der Waals surface area contributed by atoms with Crippen molar-refractivity contribution >= 4 is 27.7 Å². The Hall–Kier alpha value is -2.14. The second kappa shape index (κ2) is 5.57.